The monoisotopic (exact) mass is 380 g/mol. The van der Waals surface area contributed by atoms with Gasteiger partial charge in [0.25, 0.3) is 11.1 Å². The summed E-state index contributed by atoms with van der Waals surface area (Å²) in [7, 11) is 1.57. The third-order valence-electron chi connectivity index (χ3n) is 3.65. The highest BCUT2D eigenvalue weighted by Crippen LogP contribution is 2.31. The van der Waals surface area contributed by atoms with Gasteiger partial charge in [-0.15, -0.1) is 10.2 Å². The van der Waals surface area contributed by atoms with Crippen LogP contribution < -0.4 is 10.1 Å². The van der Waals surface area contributed by atoms with Crippen LogP contribution in [0.4, 0.5) is 5.69 Å². The first kappa shape index (κ1) is 18.5. The molecule has 7 nitrogen and oxygen atoms in total. The van der Waals surface area contributed by atoms with E-state index in [0.29, 0.717) is 28.5 Å². The standard InChI is InChI=1S/C19H16N4O3S/c1-12(17(24)21-14-7-5-6-13(10-14)11-20)27-19-23-22-18(26-19)15-8-3-4-9-16(15)25-2/h3-10,12H,1-2H3,(H,21,24). The minimum Gasteiger partial charge on any atom is -0.496 e. The number of amides is 1. The van der Waals surface area contributed by atoms with E-state index in [2.05, 4.69) is 15.5 Å². The topological polar surface area (TPSA) is 101 Å². The molecule has 3 rings (SSSR count). The van der Waals surface area contributed by atoms with Crippen molar-refractivity contribution in [3.05, 3.63) is 54.1 Å². The normalized spacial score (nSPS) is 11.4. The molecule has 136 valence electrons. The molecule has 0 aliphatic carbocycles. The molecule has 0 aliphatic heterocycles. The third kappa shape index (κ3) is 4.46. The summed E-state index contributed by atoms with van der Waals surface area (Å²) in [5.41, 5.74) is 1.72. The number of aromatic nitrogens is 2. The van der Waals surface area contributed by atoms with E-state index in [1.54, 1.807) is 44.4 Å². The summed E-state index contributed by atoms with van der Waals surface area (Å²) in [4.78, 5) is 12.4. The second kappa shape index (κ2) is 8.38. The molecule has 0 saturated heterocycles. The lowest BCUT2D eigenvalue weighted by Crippen LogP contribution is -2.22. The summed E-state index contributed by atoms with van der Waals surface area (Å²) >= 11 is 1.15. The number of carbonyl (C=O) groups excluding carboxylic acids is 1. The molecule has 8 heteroatoms. The van der Waals surface area contributed by atoms with Crippen molar-refractivity contribution in [2.24, 2.45) is 0 Å². The molecule has 0 bridgehead atoms. The fourth-order valence-electron chi connectivity index (χ4n) is 2.30. The van der Waals surface area contributed by atoms with Crippen LogP contribution in [0.5, 0.6) is 5.75 Å². The summed E-state index contributed by atoms with van der Waals surface area (Å²) in [6.07, 6.45) is 0. The van der Waals surface area contributed by atoms with Crippen LogP contribution >= 0.6 is 11.8 Å². The van der Waals surface area contributed by atoms with Crippen molar-refractivity contribution in [3.8, 4) is 23.3 Å². The van der Waals surface area contributed by atoms with Crippen LogP contribution in [0.1, 0.15) is 12.5 Å². The van der Waals surface area contributed by atoms with Crippen LogP contribution in [0.2, 0.25) is 0 Å². The van der Waals surface area contributed by atoms with Gasteiger partial charge in [-0.2, -0.15) is 5.26 Å². The van der Waals surface area contributed by atoms with Gasteiger partial charge in [-0.25, -0.2) is 0 Å². The first-order chi connectivity index (χ1) is 13.1. The molecule has 0 saturated carbocycles. The van der Waals surface area contributed by atoms with Gasteiger partial charge in [-0.05, 0) is 37.3 Å². The van der Waals surface area contributed by atoms with E-state index in [1.165, 1.54) is 0 Å². The van der Waals surface area contributed by atoms with E-state index in [4.69, 9.17) is 14.4 Å². The average molecular weight is 380 g/mol. The van der Waals surface area contributed by atoms with Crippen LogP contribution in [0.3, 0.4) is 0 Å². The molecule has 0 fully saturated rings. The minimum absolute atomic E-state index is 0.230. The van der Waals surface area contributed by atoms with Gasteiger partial charge in [-0.3, -0.25) is 4.79 Å². The van der Waals surface area contributed by atoms with Crippen molar-refractivity contribution < 1.29 is 13.9 Å². The van der Waals surface area contributed by atoms with E-state index in [0.717, 1.165) is 11.8 Å². The lowest BCUT2D eigenvalue weighted by Gasteiger charge is -2.10. The zero-order chi connectivity index (χ0) is 19.2. The van der Waals surface area contributed by atoms with E-state index < -0.39 is 5.25 Å². The van der Waals surface area contributed by atoms with Crippen molar-refractivity contribution in [2.45, 2.75) is 17.4 Å². The zero-order valence-corrected chi connectivity index (χ0v) is 15.5. The number of nitriles is 1. The molecule has 0 spiro atoms. The Balaban J connectivity index is 1.67. The predicted octanol–water partition coefficient (Wildman–Crippen LogP) is 3.74. The van der Waals surface area contributed by atoms with Crippen LogP contribution in [0.25, 0.3) is 11.5 Å². The van der Waals surface area contributed by atoms with Crippen LogP contribution in [-0.2, 0) is 4.79 Å². The molecule has 0 radical (unpaired) electrons. The number of nitrogens with one attached hydrogen (secondary N) is 1. The fraction of sp³-hybridized carbons (Fsp3) is 0.158. The molecular weight excluding hydrogens is 364 g/mol. The van der Waals surface area contributed by atoms with Gasteiger partial charge >= 0.3 is 0 Å². The number of nitrogens with zero attached hydrogens (tertiary/aromatic N) is 3. The first-order valence-electron chi connectivity index (χ1n) is 8.05. The summed E-state index contributed by atoms with van der Waals surface area (Å²) in [6.45, 7) is 1.74. The van der Waals surface area contributed by atoms with Crippen molar-refractivity contribution in [1.82, 2.24) is 10.2 Å². The number of thioether (sulfide) groups is 1. The smallest absolute Gasteiger partial charge is 0.277 e. The predicted molar refractivity (Wildman–Crippen MR) is 101 cm³/mol. The quantitative estimate of drug-likeness (QED) is 0.650. The first-order valence-corrected chi connectivity index (χ1v) is 8.93. The summed E-state index contributed by atoms with van der Waals surface area (Å²) in [6, 6.07) is 16.1. The summed E-state index contributed by atoms with van der Waals surface area (Å²) in [5.74, 6) is 0.720. The highest BCUT2D eigenvalue weighted by molar-refractivity contribution is 8.00. The Kier molecular flexibility index (Phi) is 5.74. The second-order valence-electron chi connectivity index (χ2n) is 5.52. The van der Waals surface area contributed by atoms with Gasteiger partial charge in [0, 0.05) is 5.69 Å². The molecule has 1 heterocycles. The molecule has 1 aromatic heterocycles. The maximum atomic E-state index is 12.4. The Bertz CT molecular complexity index is 996. The Labute approximate surface area is 160 Å². The van der Waals surface area contributed by atoms with Crippen molar-refractivity contribution in [1.29, 1.82) is 5.26 Å². The summed E-state index contributed by atoms with van der Waals surface area (Å²) in [5, 5.41) is 19.5. The second-order valence-corrected chi connectivity index (χ2v) is 6.81. The lowest BCUT2D eigenvalue weighted by molar-refractivity contribution is -0.115. The number of para-hydroxylation sites is 1. The number of anilines is 1. The van der Waals surface area contributed by atoms with Gasteiger partial charge < -0.3 is 14.5 Å². The fourth-order valence-corrected chi connectivity index (χ4v) is 2.99. The largest absolute Gasteiger partial charge is 0.496 e. The van der Waals surface area contributed by atoms with E-state index >= 15 is 0 Å². The van der Waals surface area contributed by atoms with E-state index in [1.807, 2.05) is 24.3 Å². The SMILES string of the molecule is COc1ccccc1-c1nnc(SC(C)C(=O)Nc2cccc(C#N)c2)o1. The van der Waals surface area contributed by atoms with Gasteiger partial charge in [0.1, 0.15) is 5.75 Å². The molecular formula is C19H16N4O3S. The molecule has 1 atom stereocenters. The Morgan fingerprint density at radius 3 is 2.85 bits per heavy atom. The van der Waals surface area contributed by atoms with E-state index in [-0.39, 0.29) is 11.1 Å². The van der Waals surface area contributed by atoms with Crippen molar-refractivity contribution in [3.63, 3.8) is 0 Å². The maximum Gasteiger partial charge on any atom is 0.277 e. The third-order valence-corrected chi connectivity index (χ3v) is 4.58. The minimum atomic E-state index is -0.471. The molecule has 27 heavy (non-hydrogen) atoms. The number of ether oxygens (including phenoxy) is 1. The van der Waals surface area contributed by atoms with Gasteiger partial charge in [-0.1, -0.05) is 30.0 Å². The Morgan fingerprint density at radius 1 is 1.26 bits per heavy atom. The molecule has 1 amide bonds. The number of methoxy groups -OCH3 is 1. The van der Waals surface area contributed by atoms with Crippen molar-refractivity contribution >= 4 is 23.4 Å². The number of benzene rings is 2. The highest BCUT2D eigenvalue weighted by atomic mass is 32.2. The highest BCUT2D eigenvalue weighted by Gasteiger charge is 2.20. The number of hydrogen-bond acceptors (Lipinski definition) is 7. The Morgan fingerprint density at radius 2 is 2.07 bits per heavy atom. The van der Waals surface area contributed by atoms with Gasteiger partial charge in [0.15, 0.2) is 0 Å². The molecule has 0 aliphatic rings. The summed E-state index contributed by atoms with van der Waals surface area (Å²) < 4.78 is 10.9. The number of carbonyl (C=O) groups is 1. The van der Waals surface area contributed by atoms with Gasteiger partial charge in [0.05, 0.1) is 29.6 Å². The maximum absolute atomic E-state index is 12.4. The van der Waals surface area contributed by atoms with Crippen LogP contribution in [0, 0.1) is 11.3 Å². The molecule has 3 aromatic rings. The van der Waals surface area contributed by atoms with Gasteiger partial charge in [0.2, 0.25) is 5.91 Å². The number of hydrogen-bond donors (Lipinski definition) is 1. The zero-order valence-electron chi connectivity index (χ0n) is 14.7. The molecule has 1 unspecified atom stereocenters. The number of rotatable bonds is 6. The average Bonchev–Trinajstić information content (AvgIpc) is 3.16. The molecule has 2 aromatic carbocycles. The molecule has 1 N–H and O–H groups in total. The van der Waals surface area contributed by atoms with Crippen LogP contribution in [-0.4, -0.2) is 28.5 Å². The van der Waals surface area contributed by atoms with E-state index in [9.17, 15) is 4.79 Å². The van der Waals surface area contributed by atoms with Crippen molar-refractivity contribution in [2.75, 3.05) is 12.4 Å². The lowest BCUT2D eigenvalue weighted by atomic mass is 10.2. The van der Waals surface area contributed by atoms with Crippen LogP contribution in [0.15, 0.2) is 58.2 Å². The Hall–Kier alpha value is -3.31.